The number of carbonyl (C=O) groups excluding carboxylic acids is 2. The normalized spacial score (nSPS) is 12.0. The van der Waals surface area contributed by atoms with Crippen LogP contribution in [0.5, 0.6) is 5.75 Å². The molecule has 0 fully saturated rings. The zero-order valence-corrected chi connectivity index (χ0v) is 20.6. The van der Waals surface area contributed by atoms with E-state index in [4.69, 9.17) is 20.4 Å². The summed E-state index contributed by atoms with van der Waals surface area (Å²) in [5.41, 5.74) is 7.75. The Labute approximate surface area is 209 Å². The Bertz CT molecular complexity index is 1110. The molecule has 0 radical (unpaired) electrons. The van der Waals surface area contributed by atoms with Crippen LogP contribution >= 0.6 is 11.8 Å². The van der Waals surface area contributed by atoms with Crippen molar-refractivity contribution in [3.63, 3.8) is 0 Å². The summed E-state index contributed by atoms with van der Waals surface area (Å²) in [5.74, 6) is 0.887. The molecule has 0 aromatic heterocycles. The van der Waals surface area contributed by atoms with Gasteiger partial charge in [-0.05, 0) is 65.5 Å². The number of amides is 2. The minimum absolute atomic E-state index is 0.250. The standard InChI is InChI=1S/C25H29N3O3S.CH2O2/c1-31-21-11-7-17(8-12-21)15-22(26)24(29)28-23(13-14-32-2)25(30)27-20-10-9-18-5-3-4-6-19(18)16-20;2-1-3/h3-12,16,22-23H,13-15,26H2,1-2H3,(H,27,30)(H,28,29);1H,(H,2,3)/t22-,23-;/m0./s1. The molecule has 0 saturated heterocycles. The molecule has 3 aromatic rings. The molecule has 0 heterocycles. The topological polar surface area (TPSA) is 131 Å². The molecule has 0 aliphatic rings. The molecular formula is C26H31N3O5S. The summed E-state index contributed by atoms with van der Waals surface area (Å²) in [5, 5.41) is 14.8. The summed E-state index contributed by atoms with van der Waals surface area (Å²) in [4.78, 5) is 34.0. The van der Waals surface area contributed by atoms with Crippen LogP contribution in [-0.2, 0) is 20.8 Å². The number of ether oxygens (including phenoxy) is 1. The molecule has 5 N–H and O–H groups in total. The van der Waals surface area contributed by atoms with Crippen molar-refractivity contribution in [2.75, 3.05) is 24.4 Å². The van der Waals surface area contributed by atoms with E-state index in [2.05, 4.69) is 10.6 Å². The fourth-order valence-electron chi connectivity index (χ4n) is 3.39. The van der Waals surface area contributed by atoms with Gasteiger partial charge in [0.25, 0.3) is 6.47 Å². The van der Waals surface area contributed by atoms with Gasteiger partial charge in [0.2, 0.25) is 11.8 Å². The van der Waals surface area contributed by atoms with Crippen LogP contribution in [0, 0.1) is 0 Å². The van der Waals surface area contributed by atoms with Gasteiger partial charge in [0.1, 0.15) is 11.8 Å². The van der Waals surface area contributed by atoms with Crippen molar-refractivity contribution in [1.29, 1.82) is 0 Å². The molecule has 186 valence electrons. The van der Waals surface area contributed by atoms with Gasteiger partial charge >= 0.3 is 0 Å². The molecule has 3 rings (SSSR count). The molecule has 0 aliphatic carbocycles. The Morgan fingerprint density at radius 1 is 1.06 bits per heavy atom. The quantitative estimate of drug-likeness (QED) is 0.316. The number of carbonyl (C=O) groups is 3. The van der Waals surface area contributed by atoms with Crippen molar-refractivity contribution in [3.05, 3.63) is 72.3 Å². The molecule has 35 heavy (non-hydrogen) atoms. The molecule has 0 aliphatic heterocycles. The summed E-state index contributed by atoms with van der Waals surface area (Å²) in [6.45, 7) is -0.250. The van der Waals surface area contributed by atoms with Gasteiger partial charge in [-0.3, -0.25) is 14.4 Å². The number of thioether (sulfide) groups is 1. The van der Waals surface area contributed by atoms with Gasteiger partial charge < -0.3 is 26.2 Å². The second kappa shape index (κ2) is 14.6. The SMILES string of the molecule is COc1ccc(C[C@H](N)C(=O)N[C@@H](CCSC)C(=O)Nc2ccc3ccccc3c2)cc1.O=CO. The van der Waals surface area contributed by atoms with E-state index in [0.717, 1.165) is 27.8 Å². The Kier molecular flexibility index (Phi) is 11.6. The number of benzene rings is 3. The lowest BCUT2D eigenvalue weighted by atomic mass is 10.0. The lowest BCUT2D eigenvalue weighted by Gasteiger charge is -2.21. The van der Waals surface area contributed by atoms with Crippen LogP contribution < -0.4 is 21.1 Å². The Morgan fingerprint density at radius 2 is 1.71 bits per heavy atom. The first-order chi connectivity index (χ1) is 16.9. The number of nitrogens with two attached hydrogens (primary N) is 1. The largest absolute Gasteiger partial charge is 0.497 e. The Morgan fingerprint density at radius 3 is 2.34 bits per heavy atom. The van der Waals surface area contributed by atoms with E-state index in [1.807, 2.05) is 73.0 Å². The first-order valence-corrected chi connectivity index (χ1v) is 12.4. The van der Waals surface area contributed by atoms with Gasteiger partial charge in [-0.1, -0.05) is 42.5 Å². The van der Waals surface area contributed by atoms with E-state index < -0.39 is 12.1 Å². The lowest BCUT2D eigenvalue weighted by molar-refractivity contribution is -0.127. The van der Waals surface area contributed by atoms with Crippen LogP contribution in [0.1, 0.15) is 12.0 Å². The lowest BCUT2D eigenvalue weighted by Crippen LogP contribution is -2.50. The molecule has 0 unspecified atom stereocenters. The molecule has 0 spiro atoms. The maximum absolute atomic E-state index is 13.0. The van der Waals surface area contributed by atoms with Gasteiger partial charge in [-0.15, -0.1) is 0 Å². The summed E-state index contributed by atoms with van der Waals surface area (Å²) >= 11 is 1.62. The average molecular weight is 498 g/mol. The monoisotopic (exact) mass is 497 g/mol. The number of hydrogen-bond donors (Lipinski definition) is 4. The van der Waals surface area contributed by atoms with Gasteiger partial charge in [-0.25, -0.2) is 0 Å². The number of hydrogen-bond acceptors (Lipinski definition) is 6. The first-order valence-electron chi connectivity index (χ1n) is 11.0. The minimum atomic E-state index is -0.756. The van der Waals surface area contributed by atoms with E-state index >= 15 is 0 Å². The average Bonchev–Trinajstić information content (AvgIpc) is 2.87. The fourth-order valence-corrected chi connectivity index (χ4v) is 3.86. The molecule has 8 nitrogen and oxygen atoms in total. The van der Waals surface area contributed by atoms with Crippen LogP contribution in [0.3, 0.4) is 0 Å². The highest BCUT2D eigenvalue weighted by molar-refractivity contribution is 7.98. The van der Waals surface area contributed by atoms with Gasteiger partial charge in [0, 0.05) is 5.69 Å². The van der Waals surface area contributed by atoms with Crippen molar-refractivity contribution in [2.24, 2.45) is 5.73 Å². The van der Waals surface area contributed by atoms with E-state index in [9.17, 15) is 9.59 Å². The van der Waals surface area contributed by atoms with Crippen molar-refractivity contribution in [2.45, 2.75) is 24.9 Å². The highest BCUT2D eigenvalue weighted by atomic mass is 32.2. The van der Waals surface area contributed by atoms with Crippen LogP contribution in [0.2, 0.25) is 0 Å². The van der Waals surface area contributed by atoms with E-state index in [0.29, 0.717) is 18.5 Å². The number of anilines is 1. The van der Waals surface area contributed by atoms with Crippen LogP contribution in [-0.4, -0.2) is 54.6 Å². The van der Waals surface area contributed by atoms with Crippen LogP contribution in [0.15, 0.2) is 66.7 Å². The molecule has 0 bridgehead atoms. The van der Waals surface area contributed by atoms with Gasteiger partial charge in [0.15, 0.2) is 0 Å². The minimum Gasteiger partial charge on any atom is -0.497 e. The molecule has 3 aromatic carbocycles. The predicted molar refractivity (Wildman–Crippen MR) is 141 cm³/mol. The number of methoxy groups -OCH3 is 1. The van der Waals surface area contributed by atoms with E-state index in [-0.39, 0.29) is 18.3 Å². The van der Waals surface area contributed by atoms with Gasteiger partial charge in [-0.2, -0.15) is 11.8 Å². The molecule has 0 saturated carbocycles. The maximum Gasteiger partial charge on any atom is 0.290 e. The third kappa shape index (κ3) is 8.95. The highest BCUT2D eigenvalue weighted by Gasteiger charge is 2.24. The van der Waals surface area contributed by atoms with Gasteiger partial charge in [0.05, 0.1) is 13.2 Å². The van der Waals surface area contributed by atoms with Crippen molar-refractivity contribution in [3.8, 4) is 5.75 Å². The second-order valence-corrected chi connectivity index (χ2v) is 8.64. The molecular weight excluding hydrogens is 466 g/mol. The number of rotatable bonds is 10. The summed E-state index contributed by atoms with van der Waals surface area (Å²) in [7, 11) is 1.60. The molecule has 9 heteroatoms. The summed E-state index contributed by atoms with van der Waals surface area (Å²) in [6.07, 6.45) is 2.86. The summed E-state index contributed by atoms with van der Waals surface area (Å²) in [6, 6.07) is 19.7. The molecule has 2 amide bonds. The third-order valence-corrected chi connectivity index (χ3v) is 5.86. The van der Waals surface area contributed by atoms with Crippen molar-refractivity contribution < 1.29 is 24.2 Å². The second-order valence-electron chi connectivity index (χ2n) is 7.66. The number of nitrogens with one attached hydrogen (secondary N) is 2. The maximum atomic E-state index is 13.0. The van der Waals surface area contributed by atoms with Crippen LogP contribution in [0.25, 0.3) is 10.8 Å². The van der Waals surface area contributed by atoms with Crippen molar-refractivity contribution in [1.82, 2.24) is 5.32 Å². The van der Waals surface area contributed by atoms with E-state index in [1.54, 1.807) is 18.9 Å². The first kappa shape index (κ1) is 27.7. The number of carboxylic acid groups (broad SMARTS) is 1. The molecule has 2 atom stereocenters. The Hall–Kier alpha value is -3.56. The third-order valence-electron chi connectivity index (χ3n) is 5.21. The Balaban J connectivity index is 0.00000137. The smallest absolute Gasteiger partial charge is 0.290 e. The van der Waals surface area contributed by atoms with Crippen molar-refractivity contribution >= 4 is 46.5 Å². The zero-order chi connectivity index (χ0) is 25.6. The zero-order valence-electron chi connectivity index (χ0n) is 19.8. The number of fused-ring (bicyclic) bond motifs is 1. The fraction of sp³-hybridized carbons (Fsp3) is 0.269. The predicted octanol–water partition coefficient (Wildman–Crippen LogP) is 3.30. The highest BCUT2D eigenvalue weighted by Crippen LogP contribution is 2.19. The summed E-state index contributed by atoms with van der Waals surface area (Å²) < 4.78 is 5.15. The van der Waals surface area contributed by atoms with Crippen LogP contribution in [0.4, 0.5) is 5.69 Å². The van der Waals surface area contributed by atoms with E-state index in [1.165, 1.54) is 0 Å².